The van der Waals surface area contributed by atoms with E-state index < -0.39 is 21.8 Å². The Bertz CT molecular complexity index is 300. The Hall–Kier alpha value is -0.620. The van der Waals surface area contributed by atoms with Crippen LogP contribution in [0, 0.1) is 0 Å². The Morgan fingerprint density at radius 1 is 1.25 bits per heavy atom. The van der Waals surface area contributed by atoms with Crippen LogP contribution in [0.25, 0.3) is 0 Å². The van der Waals surface area contributed by atoms with Gasteiger partial charge in [-0.05, 0) is 12.8 Å². The number of rotatable bonds is 9. The molecule has 96 valence electrons. The number of aliphatic carboxylic acids is 1. The minimum Gasteiger partial charge on any atom is -0.480 e. The fourth-order valence-corrected chi connectivity index (χ4v) is 2.66. The van der Waals surface area contributed by atoms with Crippen LogP contribution in [0.15, 0.2) is 0 Å². The highest BCUT2D eigenvalue weighted by molar-refractivity contribution is 7.91. The van der Waals surface area contributed by atoms with E-state index in [1.54, 1.807) is 0 Å². The molecule has 2 N–H and O–H groups in total. The topological polar surface area (TPSA) is 83.5 Å². The molecule has 0 aliphatic heterocycles. The average Bonchev–Trinajstić information content (AvgIpc) is 2.15. The number of carbonyl (C=O) groups is 1. The highest BCUT2D eigenvalue weighted by Gasteiger charge is 2.16. The largest absolute Gasteiger partial charge is 0.480 e. The monoisotopic (exact) mass is 251 g/mol. The summed E-state index contributed by atoms with van der Waals surface area (Å²) in [4.78, 5) is 10.8. The predicted molar refractivity (Wildman–Crippen MR) is 63.3 cm³/mol. The molecular formula is C10H21NO4S. The molecule has 6 heteroatoms. The molecule has 0 heterocycles. The molecular weight excluding hydrogens is 230 g/mol. The molecule has 0 radical (unpaired) electrons. The SMILES string of the molecule is CCCC(NCCS(=O)(=O)CCC)C(=O)O. The number of carboxylic acid groups (broad SMARTS) is 1. The second-order valence-electron chi connectivity index (χ2n) is 3.79. The summed E-state index contributed by atoms with van der Waals surface area (Å²) in [5.74, 6) is -0.746. The smallest absolute Gasteiger partial charge is 0.320 e. The van der Waals surface area contributed by atoms with Gasteiger partial charge in [-0.25, -0.2) is 8.42 Å². The van der Waals surface area contributed by atoms with E-state index in [4.69, 9.17) is 5.11 Å². The van der Waals surface area contributed by atoms with Gasteiger partial charge in [0.1, 0.15) is 6.04 Å². The van der Waals surface area contributed by atoms with Crippen LogP contribution in [0.4, 0.5) is 0 Å². The first kappa shape index (κ1) is 15.4. The maximum Gasteiger partial charge on any atom is 0.320 e. The van der Waals surface area contributed by atoms with Gasteiger partial charge in [-0.2, -0.15) is 0 Å². The molecule has 0 spiro atoms. The Kier molecular flexibility index (Phi) is 7.33. The van der Waals surface area contributed by atoms with E-state index in [1.165, 1.54) is 0 Å². The lowest BCUT2D eigenvalue weighted by molar-refractivity contribution is -0.139. The summed E-state index contributed by atoms with van der Waals surface area (Å²) >= 11 is 0. The van der Waals surface area contributed by atoms with E-state index in [0.717, 1.165) is 6.42 Å². The van der Waals surface area contributed by atoms with E-state index in [1.807, 2.05) is 13.8 Å². The molecule has 0 rings (SSSR count). The maximum absolute atomic E-state index is 11.4. The van der Waals surface area contributed by atoms with Gasteiger partial charge in [0.05, 0.1) is 5.75 Å². The van der Waals surface area contributed by atoms with Crippen LogP contribution in [-0.4, -0.2) is 43.6 Å². The molecule has 0 saturated heterocycles. The zero-order valence-corrected chi connectivity index (χ0v) is 10.7. The first-order chi connectivity index (χ1) is 7.43. The summed E-state index contributed by atoms with van der Waals surface area (Å²) in [5, 5.41) is 11.6. The molecule has 0 amide bonds. The van der Waals surface area contributed by atoms with Gasteiger partial charge in [0.15, 0.2) is 9.84 Å². The second kappa shape index (κ2) is 7.62. The third-order valence-electron chi connectivity index (χ3n) is 2.19. The molecule has 0 bridgehead atoms. The molecule has 0 saturated carbocycles. The van der Waals surface area contributed by atoms with E-state index in [-0.39, 0.29) is 18.1 Å². The molecule has 5 nitrogen and oxygen atoms in total. The lowest BCUT2D eigenvalue weighted by atomic mass is 10.2. The molecule has 16 heavy (non-hydrogen) atoms. The maximum atomic E-state index is 11.4. The molecule has 0 aliphatic rings. The second-order valence-corrected chi connectivity index (χ2v) is 6.09. The van der Waals surface area contributed by atoms with Crippen LogP contribution in [0.2, 0.25) is 0 Å². The van der Waals surface area contributed by atoms with Gasteiger partial charge in [0, 0.05) is 12.3 Å². The molecule has 0 aromatic rings. The Morgan fingerprint density at radius 2 is 1.88 bits per heavy atom. The Balaban J connectivity index is 3.99. The van der Waals surface area contributed by atoms with Crippen molar-refractivity contribution in [2.24, 2.45) is 0 Å². The van der Waals surface area contributed by atoms with Crippen molar-refractivity contribution in [3.8, 4) is 0 Å². The van der Waals surface area contributed by atoms with Crippen molar-refractivity contribution in [1.29, 1.82) is 0 Å². The van der Waals surface area contributed by atoms with Crippen molar-refractivity contribution in [3.63, 3.8) is 0 Å². The van der Waals surface area contributed by atoms with Crippen LogP contribution in [0.1, 0.15) is 33.1 Å². The van der Waals surface area contributed by atoms with Gasteiger partial charge in [-0.15, -0.1) is 0 Å². The van der Waals surface area contributed by atoms with Crippen molar-refractivity contribution in [1.82, 2.24) is 5.32 Å². The lowest BCUT2D eigenvalue weighted by Gasteiger charge is -2.13. The van der Waals surface area contributed by atoms with Gasteiger partial charge in [0.25, 0.3) is 0 Å². The highest BCUT2D eigenvalue weighted by Crippen LogP contribution is 1.98. The number of carboxylic acids is 1. The lowest BCUT2D eigenvalue weighted by Crippen LogP contribution is -2.39. The van der Waals surface area contributed by atoms with Crippen molar-refractivity contribution >= 4 is 15.8 Å². The minimum atomic E-state index is -3.02. The standard InChI is InChI=1S/C10H21NO4S/c1-3-5-9(10(12)13)11-6-8-16(14,15)7-4-2/h9,11H,3-8H2,1-2H3,(H,12,13). The summed E-state index contributed by atoms with van der Waals surface area (Å²) in [6, 6.07) is -0.637. The van der Waals surface area contributed by atoms with Crippen molar-refractivity contribution in [3.05, 3.63) is 0 Å². The number of hydrogen-bond donors (Lipinski definition) is 2. The van der Waals surface area contributed by atoms with E-state index in [2.05, 4.69) is 5.32 Å². The number of nitrogens with one attached hydrogen (secondary N) is 1. The van der Waals surface area contributed by atoms with Crippen molar-refractivity contribution < 1.29 is 18.3 Å². The number of hydrogen-bond acceptors (Lipinski definition) is 4. The van der Waals surface area contributed by atoms with Crippen LogP contribution < -0.4 is 5.32 Å². The highest BCUT2D eigenvalue weighted by atomic mass is 32.2. The molecule has 1 unspecified atom stereocenters. The van der Waals surface area contributed by atoms with Gasteiger partial charge >= 0.3 is 5.97 Å². The minimum absolute atomic E-state index is 0.00827. The molecule has 0 aromatic heterocycles. The summed E-state index contributed by atoms with van der Waals surface area (Å²) in [6.45, 7) is 3.91. The first-order valence-corrected chi connectivity index (χ1v) is 7.41. The quantitative estimate of drug-likeness (QED) is 0.629. The molecule has 1 atom stereocenters. The fraction of sp³-hybridized carbons (Fsp3) is 0.900. The summed E-state index contributed by atoms with van der Waals surface area (Å²) in [5.41, 5.74) is 0. The van der Waals surface area contributed by atoms with Gasteiger partial charge in [-0.1, -0.05) is 20.3 Å². The van der Waals surface area contributed by atoms with Crippen molar-refractivity contribution in [2.45, 2.75) is 39.2 Å². The Labute approximate surface area is 97.2 Å². The van der Waals surface area contributed by atoms with Gasteiger partial charge in [0.2, 0.25) is 0 Å². The third kappa shape index (κ3) is 6.79. The van der Waals surface area contributed by atoms with Gasteiger partial charge in [-0.3, -0.25) is 4.79 Å². The predicted octanol–water partition coefficient (Wildman–Crippen LogP) is 0.654. The third-order valence-corrected chi connectivity index (χ3v) is 4.05. The van der Waals surface area contributed by atoms with Gasteiger partial charge < -0.3 is 10.4 Å². The summed E-state index contributed by atoms with van der Waals surface area (Å²) < 4.78 is 22.7. The summed E-state index contributed by atoms with van der Waals surface area (Å²) in [6.07, 6.45) is 1.87. The Morgan fingerprint density at radius 3 is 2.31 bits per heavy atom. The zero-order valence-electron chi connectivity index (χ0n) is 9.90. The van der Waals surface area contributed by atoms with E-state index >= 15 is 0 Å². The summed E-state index contributed by atoms with van der Waals surface area (Å²) in [7, 11) is -3.02. The van der Waals surface area contributed by atoms with Crippen LogP contribution in [0.5, 0.6) is 0 Å². The fourth-order valence-electron chi connectivity index (χ4n) is 1.40. The van der Waals surface area contributed by atoms with E-state index in [0.29, 0.717) is 12.8 Å². The van der Waals surface area contributed by atoms with Crippen LogP contribution >= 0.6 is 0 Å². The molecule has 0 aromatic carbocycles. The number of sulfone groups is 1. The molecule has 0 aliphatic carbocycles. The normalized spacial score (nSPS) is 13.6. The first-order valence-electron chi connectivity index (χ1n) is 5.59. The van der Waals surface area contributed by atoms with E-state index in [9.17, 15) is 13.2 Å². The van der Waals surface area contributed by atoms with Crippen LogP contribution in [-0.2, 0) is 14.6 Å². The van der Waals surface area contributed by atoms with Crippen molar-refractivity contribution in [2.75, 3.05) is 18.1 Å². The molecule has 0 fully saturated rings. The zero-order chi connectivity index (χ0) is 12.6. The van der Waals surface area contributed by atoms with Crippen LogP contribution in [0.3, 0.4) is 0 Å². The average molecular weight is 251 g/mol.